The van der Waals surface area contributed by atoms with Crippen LogP contribution in [0, 0.1) is 5.92 Å². The van der Waals surface area contributed by atoms with Gasteiger partial charge in [0.05, 0.1) is 12.7 Å². The summed E-state index contributed by atoms with van der Waals surface area (Å²) in [7, 11) is -3.66. The molecule has 0 aromatic heterocycles. The zero-order chi connectivity index (χ0) is 15.5. The first-order valence-corrected chi connectivity index (χ1v) is 9.40. The van der Waals surface area contributed by atoms with Gasteiger partial charge in [-0.25, -0.2) is 8.42 Å². The van der Waals surface area contributed by atoms with E-state index in [1.807, 2.05) is 0 Å². The van der Waals surface area contributed by atoms with E-state index in [1.54, 1.807) is 6.92 Å². The number of aliphatic hydroxyl groups excluding tert-OH is 1. The van der Waals surface area contributed by atoms with Crippen LogP contribution in [-0.2, 0) is 19.6 Å². The topological polar surface area (TPSA) is 83.9 Å². The molecule has 6 nitrogen and oxygen atoms in total. The van der Waals surface area contributed by atoms with Crippen molar-refractivity contribution in [3.8, 4) is 0 Å². The van der Waals surface area contributed by atoms with Crippen LogP contribution in [0.5, 0.6) is 0 Å². The Morgan fingerprint density at radius 1 is 1.24 bits per heavy atom. The highest BCUT2D eigenvalue weighted by atomic mass is 32.2. The maximum Gasteiger partial charge on any atom is 0.322 e. The van der Waals surface area contributed by atoms with E-state index in [0.29, 0.717) is 6.54 Å². The van der Waals surface area contributed by atoms with E-state index in [-0.39, 0.29) is 18.6 Å². The second-order valence-corrected chi connectivity index (χ2v) is 7.82. The summed E-state index contributed by atoms with van der Waals surface area (Å²) in [5.74, 6) is -1.30. The molecule has 2 aliphatic rings. The van der Waals surface area contributed by atoms with Crippen LogP contribution in [0.15, 0.2) is 0 Å². The highest BCUT2D eigenvalue weighted by Crippen LogP contribution is 2.36. The van der Waals surface area contributed by atoms with Crippen molar-refractivity contribution in [2.75, 3.05) is 18.9 Å². The second kappa shape index (κ2) is 7.07. The largest absolute Gasteiger partial charge is 0.465 e. The normalized spacial score (nSPS) is 31.2. The summed E-state index contributed by atoms with van der Waals surface area (Å²) in [6.07, 6.45) is 4.76. The average Bonchev–Trinajstić information content (AvgIpc) is 2.88. The molecule has 1 N–H and O–H groups in total. The minimum absolute atomic E-state index is 0.00165. The molecular formula is C14H25NO5S. The Balaban J connectivity index is 2.08. The van der Waals surface area contributed by atoms with E-state index in [0.717, 1.165) is 38.5 Å². The Kier molecular flexibility index (Phi) is 5.62. The van der Waals surface area contributed by atoms with E-state index >= 15 is 0 Å². The lowest BCUT2D eigenvalue weighted by Crippen LogP contribution is -2.46. The lowest BCUT2D eigenvalue weighted by atomic mass is 9.81. The van der Waals surface area contributed by atoms with Crippen LogP contribution in [0.25, 0.3) is 0 Å². The fourth-order valence-electron chi connectivity index (χ4n) is 3.56. The van der Waals surface area contributed by atoms with Crippen LogP contribution in [-0.4, -0.2) is 54.8 Å². The minimum Gasteiger partial charge on any atom is -0.465 e. The Morgan fingerprint density at radius 3 is 2.62 bits per heavy atom. The van der Waals surface area contributed by atoms with Crippen molar-refractivity contribution in [1.29, 1.82) is 0 Å². The number of aliphatic hydroxyl groups is 1. The van der Waals surface area contributed by atoms with Crippen molar-refractivity contribution in [3.63, 3.8) is 0 Å². The van der Waals surface area contributed by atoms with Crippen molar-refractivity contribution in [2.24, 2.45) is 5.92 Å². The van der Waals surface area contributed by atoms with Gasteiger partial charge in [-0.2, -0.15) is 4.31 Å². The molecule has 2 fully saturated rings. The van der Waals surface area contributed by atoms with Gasteiger partial charge >= 0.3 is 5.97 Å². The first-order valence-electron chi connectivity index (χ1n) is 7.79. The van der Waals surface area contributed by atoms with Gasteiger partial charge in [-0.1, -0.05) is 12.8 Å². The van der Waals surface area contributed by atoms with Gasteiger partial charge in [-0.3, -0.25) is 4.79 Å². The lowest BCUT2D eigenvalue weighted by Gasteiger charge is -2.36. The molecule has 7 heteroatoms. The third-order valence-corrected chi connectivity index (χ3v) is 6.26. The number of sulfonamides is 1. The second-order valence-electron chi connectivity index (χ2n) is 5.90. The van der Waals surface area contributed by atoms with Crippen LogP contribution in [0.2, 0.25) is 0 Å². The first kappa shape index (κ1) is 16.7. The number of nitrogens with zero attached hydrogens (tertiary/aromatic N) is 1. The number of carbonyl (C=O) groups is 1. The Hall–Kier alpha value is -0.660. The fraction of sp³-hybridized carbons (Fsp3) is 0.929. The van der Waals surface area contributed by atoms with Gasteiger partial charge in [0, 0.05) is 18.5 Å². The smallest absolute Gasteiger partial charge is 0.322 e. The van der Waals surface area contributed by atoms with Crippen LogP contribution in [0.4, 0.5) is 0 Å². The van der Waals surface area contributed by atoms with Gasteiger partial charge in [0.2, 0.25) is 10.0 Å². The van der Waals surface area contributed by atoms with Crippen LogP contribution < -0.4 is 0 Å². The fourth-order valence-corrected chi connectivity index (χ4v) is 5.19. The Labute approximate surface area is 126 Å². The molecule has 21 heavy (non-hydrogen) atoms. The maximum absolute atomic E-state index is 12.4. The molecule has 3 atom stereocenters. The molecule has 0 radical (unpaired) electrons. The standard InChI is InChI=1S/C14H25NO5S/c1-2-20-14(17)10-21(18,19)15-9-5-7-12(15)11-6-3-4-8-13(11)16/h11-13,16H,2-10H2,1H3. The molecule has 0 aromatic rings. The molecule has 3 unspecified atom stereocenters. The van der Waals surface area contributed by atoms with Crippen molar-refractivity contribution >= 4 is 16.0 Å². The average molecular weight is 319 g/mol. The van der Waals surface area contributed by atoms with Crippen LogP contribution >= 0.6 is 0 Å². The summed E-state index contributed by atoms with van der Waals surface area (Å²) >= 11 is 0. The van der Waals surface area contributed by atoms with Crippen LogP contribution in [0.1, 0.15) is 45.4 Å². The molecular weight excluding hydrogens is 294 g/mol. The summed E-state index contributed by atoms with van der Waals surface area (Å²) in [4.78, 5) is 11.5. The van der Waals surface area contributed by atoms with Crippen molar-refractivity contribution in [3.05, 3.63) is 0 Å². The maximum atomic E-state index is 12.4. The molecule has 1 aliphatic carbocycles. The predicted molar refractivity (Wildman–Crippen MR) is 78.1 cm³/mol. The molecule has 0 spiro atoms. The van der Waals surface area contributed by atoms with Gasteiger partial charge in [0.1, 0.15) is 0 Å². The molecule has 1 saturated carbocycles. The summed E-state index contributed by atoms with van der Waals surface area (Å²) in [6.45, 7) is 2.27. The van der Waals surface area contributed by atoms with E-state index in [1.165, 1.54) is 4.31 Å². The summed E-state index contributed by atoms with van der Waals surface area (Å²) in [5.41, 5.74) is 0. The molecule has 2 rings (SSSR count). The number of carbonyl (C=O) groups excluding carboxylic acids is 1. The summed E-state index contributed by atoms with van der Waals surface area (Å²) < 4.78 is 31.0. The number of hydrogen-bond acceptors (Lipinski definition) is 5. The van der Waals surface area contributed by atoms with E-state index in [2.05, 4.69) is 0 Å². The summed E-state index contributed by atoms with van der Waals surface area (Å²) in [6, 6.07) is -0.167. The molecule has 0 amide bonds. The third kappa shape index (κ3) is 3.96. The Bertz CT molecular complexity index is 464. The zero-order valence-electron chi connectivity index (χ0n) is 12.5. The monoisotopic (exact) mass is 319 g/mol. The Morgan fingerprint density at radius 2 is 1.95 bits per heavy atom. The number of esters is 1. The van der Waals surface area contributed by atoms with Crippen molar-refractivity contribution in [1.82, 2.24) is 4.31 Å². The molecule has 1 heterocycles. The lowest BCUT2D eigenvalue weighted by molar-refractivity contribution is -0.140. The third-order valence-electron chi connectivity index (χ3n) is 4.49. The number of hydrogen-bond donors (Lipinski definition) is 1. The number of ether oxygens (including phenoxy) is 1. The van der Waals surface area contributed by atoms with Gasteiger partial charge in [-0.15, -0.1) is 0 Å². The highest BCUT2D eigenvalue weighted by Gasteiger charge is 2.42. The zero-order valence-corrected chi connectivity index (χ0v) is 13.3. The van der Waals surface area contributed by atoms with Crippen molar-refractivity contribution in [2.45, 2.75) is 57.6 Å². The quantitative estimate of drug-likeness (QED) is 0.761. The van der Waals surface area contributed by atoms with E-state index < -0.39 is 27.8 Å². The van der Waals surface area contributed by atoms with Gasteiger partial charge < -0.3 is 9.84 Å². The minimum atomic E-state index is -3.66. The van der Waals surface area contributed by atoms with E-state index in [9.17, 15) is 18.3 Å². The van der Waals surface area contributed by atoms with E-state index in [4.69, 9.17) is 4.74 Å². The highest BCUT2D eigenvalue weighted by molar-refractivity contribution is 7.89. The summed E-state index contributed by atoms with van der Waals surface area (Å²) in [5, 5.41) is 10.2. The first-order chi connectivity index (χ1) is 9.95. The molecule has 0 bridgehead atoms. The molecule has 0 aromatic carbocycles. The SMILES string of the molecule is CCOC(=O)CS(=O)(=O)N1CCCC1C1CCCCC1O. The van der Waals surface area contributed by atoms with Crippen molar-refractivity contribution < 1.29 is 23.1 Å². The predicted octanol–water partition coefficient (Wildman–Crippen LogP) is 0.895. The van der Waals surface area contributed by atoms with Crippen LogP contribution in [0.3, 0.4) is 0 Å². The molecule has 122 valence electrons. The number of rotatable bonds is 5. The van der Waals surface area contributed by atoms with Gasteiger partial charge in [-0.05, 0) is 32.6 Å². The van der Waals surface area contributed by atoms with Gasteiger partial charge in [0.25, 0.3) is 0 Å². The molecule has 1 aliphatic heterocycles. The molecule has 1 saturated heterocycles. The van der Waals surface area contributed by atoms with Gasteiger partial charge in [0.15, 0.2) is 5.75 Å².